The molecule has 0 saturated heterocycles. The molecule has 5 nitrogen and oxygen atoms in total. The Bertz CT molecular complexity index is 1120. The Hall–Kier alpha value is -3.15. The quantitative estimate of drug-likeness (QED) is 0.321. The van der Waals surface area contributed by atoms with E-state index in [-0.39, 0.29) is 23.9 Å². The Balaban J connectivity index is 1.84. The molecule has 1 N–H and O–H groups in total. The molecule has 3 aromatic rings. The largest absolute Gasteiger partial charge is 0.504 e. The number of phenolic OH excluding ortho intramolecular Hbond substituents is 1. The van der Waals surface area contributed by atoms with Crippen molar-refractivity contribution in [2.24, 2.45) is 0 Å². The number of rotatable bonds is 8. The second-order valence-electron chi connectivity index (χ2n) is 6.50. The predicted octanol–water partition coefficient (Wildman–Crippen LogP) is 6.19. The van der Waals surface area contributed by atoms with Gasteiger partial charge in [-0.15, -0.1) is 0 Å². The third-order valence-electron chi connectivity index (χ3n) is 4.47. The van der Waals surface area contributed by atoms with Crippen LogP contribution in [0.2, 0.25) is 10.0 Å². The maximum Gasteiger partial charge on any atom is 0.185 e. The molecule has 0 aromatic heterocycles. The van der Waals surface area contributed by atoms with Gasteiger partial charge in [-0.2, -0.15) is 0 Å². The number of benzene rings is 3. The van der Waals surface area contributed by atoms with Gasteiger partial charge in [-0.1, -0.05) is 41.4 Å². The van der Waals surface area contributed by atoms with Crippen LogP contribution in [0.3, 0.4) is 0 Å². The number of halogens is 2. The van der Waals surface area contributed by atoms with Gasteiger partial charge in [0.1, 0.15) is 6.61 Å². The number of ketones is 1. The van der Waals surface area contributed by atoms with Crippen molar-refractivity contribution in [2.75, 3.05) is 14.2 Å². The van der Waals surface area contributed by atoms with Crippen LogP contribution < -0.4 is 14.2 Å². The first-order valence-corrected chi connectivity index (χ1v) is 10.0. The van der Waals surface area contributed by atoms with Crippen LogP contribution in [0.1, 0.15) is 21.5 Å². The van der Waals surface area contributed by atoms with Crippen molar-refractivity contribution in [3.63, 3.8) is 0 Å². The second-order valence-corrected chi connectivity index (χ2v) is 7.31. The van der Waals surface area contributed by atoms with Crippen LogP contribution in [0.25, 0.3) is 6.08 Å². The van der Waals surface area contributed by atoms with Gasteiger partial charge in [0, 0.05) is 11.1 Å². The summed E-state index contributed by atoms with van der Waals surface area (Å²) in [6.07, 6.45) is 3.07. The summed E-state index contributed by atoms with van der Waals surface area (Å²) in [5.41, 5.74) is 1.88. The van der Waals surface area contributed by atoms with Gasteiger partial charge >= 0.3 is 0 Å². The normalized spacial score (nSPS) is 10.8. The van der Waals surface area contributed by atoms with Gasteiger partial charge in [0.2, 0.25) is 0 Å². The van der Waals surface area contributed by atoms with E-state index in [1.54, 1.807) is 37.5 Å². The van der Waals surface area contributed by atoms with Crippen LogP contribution in [0, 0.1) is 0 Å². The summed E-state index contributed by atoms with van der Waals surface area (Å²) in [4.78, 5) is 12.6. The molecule has 0 bridgehead atoms. The summed E-state index contributed by atoms with van der Waals surface area (Å²) in [7, 11) is 2.97. The number of hydrogen-bond acceptors (Lipinski definition) is 5. The lowest BCUT2D eigenvalue weighted by molar-refractivity contribution is 0.104. The number of hydrogen-bond donors (Lipinski definition) is 1. The van der Waals surface area contributed by atoms with E-state index in [1.807, 2.05) is 12.1 Å². The molecule has 0 radical (unpaired) electrons. The maximum absolute atomic E-state index is 12.6. The van der Waals surface area contributed by atoms with E-state index in [0.29, 0.717) is 32.7 Å². The predicted molar refractivity (Wildman–Crippen MR) is 122 cm³/mol. The number of phenols is 1. The summed E-state index contributed by atoms with van der Waals surface area (Å²) in [5, 5.41) is 10.6. The van der Waals surface area contributed by atoms with Crippen molar-refractivity contribution in [3.05, 3.63) is 87.4 Å². The molecule has 0 unspecified atom stereocenters. The summed E-state index contributed by atoms with van der Waals surface area (Å²) < 4.78 is 16.5. The zero-order valence-corrected chi connectivity index (χ0v) is 18.4. The number of allylic oxidation sites excluding steroid dienone is 1. The first kappa shape index (κ1) is 22.5. The van der Waals surface area contributed by atoms with Crippen LogP contribution >= 0.6 is 23.2 Å². The molecule has 0 amide bonds. The molecule has 0 spiro atoms. The molecule has 7 heteroatoms. The SMILES string of the molecule is COc1cc(C(=O)/C=C/c2cccc(OC)c2OCc2ccc(Cl)c(Cl)c2)ccc1O. The average molecular weight is 459 g/mol. The summed E-state index contributed by atoms with van der Waals surface area (Å²) in [6, 6.07) is 15.1. The number of carbonyl (C=O) groups is 1. The minimum atomic E-state index is -0.253. The number of ether oxygens (including phenoxy) is 3. The van der Waals surface area contributed by atoms with Crippen molar-refractivity contribution in [2.45, 2.75) is 6.61 Å². The molecular weight excluding hydrogens is 439 g/mol. The van der Waals surface area contributed by atoms with Crippen molar-refractivity contribution in [3.8, 4) is 23.0 Å². The maximum atomic E-state index is 12.6. The standard InChI is InChI=1S/C24H20Cl2O5/c1-29-22-5-3-4-16(24(22)31-14-15-6-9-18(25)19(26)12-15)7-10-20(27)17-8-11-21(28)23(13-17)30-2/h3-13,28H,14H2,1-2H3/b10-7+. The van der Waals surface area contributed by atoms with Crippen LogP contribution in [-0.2, 0) is 6.61 Å². The van der Waals surface area contributed by atoms with Crippen molar-refractivity contribution in [1.29, 1.82) is 0 Å². The number of aromatic hydroxyl groups is 1. The lowest BCUT2D eigenvalue weighted by atomic mass is 10.1. The molecule has 31 heavy (non-hydrogen) atoms. The highest BCUT2D eigenvalue weighted by molar-refractivity contribution is 6.42. The van der Waals surface area contributed by atoms with Gasteiger partial charge in [0.05, 0.1) is 24.3 Å². The minimum Gasteiger partial charge on any atom is -0.504 e. The van der Waals surface area contributed by atoms with Crippen LogP contribution in [0.5, 0.6) is 23.0 Å². The molecule has 0 saturated carbocycles. The number of carbonyl (C=O) groups excluding carboxylic acids is 1. The third kappa shape index (κ3) is 5.51. The molecule has 160 valence electrons. The van der Waals surface area contributed by atoms with Crippen LogP contribution in [-0.4, -0.2) is 25.1 Å². The second kappa shape index (κ2) is 10.2. The van der Waals surface area contributed by atoms with Crippen molar-refractivity contribution < 1.29 is 24.1 Å². The molecule has 0 aliphatic rings. The first-order chi connectivity index (χ1) is 14.9. The highest BCUT2D eigenvalue weighted by atomic mass is 35.5. The van der Waals surface area contributed by atoms with E-state index in [1.165, 1.54) is 31.4 Å². The molecule has 0 heterocycles. The van der Waals surface area contributed by atoms with E-state index >= 15 is 0 Å². The van der Waals surface area contributed by atoms with E-state index in [9.17, 15) is 9.90 Å². The van der Waals surface area contributed by atoms with Crippen molar-refractivity contribution in [1.82, 2.24) is 0 Å². The average Bonchev–Trinajstić information content (AvgIpc) is 2.78. The van der Waals surface area contributed by atoms with E-state index < -0.39 is 0 Å². The molecular formula is C24H20Cl2O5. The molecule has 0 aliphatic carbocycles. The Morgan fingerprint density at radius 2 is 1.74 bits per heavy atom. The third-order valence-corrected chi connectivity index (χ3v) is 5.21. The Kier molecular flexibility index (Phi) is 7.45. The molecule has 3 rings (SSSR count). The Morgan fingerprint density at radius 3 is 2.45 bits per heavy atom. The van der Waals surface area contributed by atoms with Crippen molar-refractivity contribution >= 4 is 35.1 Å². The smallest absolute Gasteiger partial charge is 0.185 e. The highest BCUT2D eigenvalue weighted by Crippen LogP contribution is 2.33. The zero-order chi connectivity index (χ0) is 22.4. The van der Waals surface area contributed by atoms with E-state index in [0.717, 1.165) is 5.56 Å². The van der Waals surface area contributed by atoms with Gasteiger partial charge < -0.3 is 19.3 Å². The molecule has 0 aliphatic heterocycles. The monoisotopic (exact) mass is 458 g/mol. The Labute approximate surface area is 190 Å². The molecule has 0 fully saturated rings. The highest BCUT2D eigenvalue weighted by Gasteiger charge is 2.12. The molecule has 0 atom stereocenters. The van der Waals surface area contributed by atoms with Gasteiger partial charge in [-0.3, -0.25) is 4.79 Å². The summed E-state index contributed by atoms with van der Waals surface area (Å²) in [5.74, 6) is 0.959. The van der Waals surface area contributed by atoms with Crippen LogP contribution in [0.15, 0.2) is 60.7 Å². The van der Waals surface area contributed by atoms with Gasteiger partial charge in [-0.25, -0.2) is 0 Å². The fraction of sp³-hybridized carbons (Fsp3) is 0.125. The minimum absolute atomic E-state index is 0.0335. The van der Waals surface area contributed by atoms with E-state index in [4.69, 9.17) is 37.4 Å². The summed E-state index contributed by atoms with van der Waals surface area (Å²) in [6.45, 7) is 0.237. The zero-order valence-electron chi connectivity index (χ0n) is 16.9. The van der Waals surface area contributed by atoms with Gasteiger partial charge in [0.25, 0.3) is 0 Å². The fourth-order valence-corrected chi connectivity index (χ4v) is 3.18. The topological polar surface area (TPSA) is 65.0 Å². The Morgan fingerprint density at radius 1 is 0.968 bits per heavy atom. The lowest BCUT2D eigenvalue weighted by Crippen LogP contribution is -2.00. The van der Waals surface area contributed by atoms with Crippen LogP contribution in [0.4, 0.5) is 0 Å². The number of methoxy groups -OCH3 is 2. The summed E-state index contributed by atoms with van der Waals surface area (Å²) >= 11 is 12.0. The van der Waals surface area contributed by atoms with Gasteiger partial charge in [0.15, 0.2) is 28.8 Å². The lowest BCUT2D eigenvalue weighted by Gasteiger charge is -2.14. The number of para-hydroxylation sites is 1. The first-order valence-electron chi connectivity index (χ1n) is 9.26. The molecule has 3 aromatic carbocycles. The fourth-order valence-electron chi connectivity index (χ4n) is 2.86. The van der Waals surface area contributed by atoms with Gasteiger partial charge in [-0.05, 0) is 54.1 Å². The van der Waals surface area contributed by atoms with E-state index in [2.05, 4.69) is 0 Å².